The van der Waals surface area contributed by atoms with E-state index in [1.807, 2.05) is 31.2 Å². The van der Waals surface area contributed by atoms with Gasteiger partial charge < -0.3 is 15.4 Å². The van der Waals surface area contributed by atoms with Gasteiger partial charge in [-0.15, -0.1) is 0 Å². The molecule has 1 amide bonds. The third-order valence-corrected chi connectivity index (χ3v) is 3.77. The van der Waals surface area contributed by atoms with E-state index in [-0.39, 0.29) is 5.91 Å². The lowest BCUT2D eigenvalue weighted by Crippen LogP contribution is -2.26. The first-order chi connectivity index (χ1) is 12.1. The smallest absolute Gasteiger partial charge is 0.270 e. The lowest BCUT2D eigenvalue weighted by molar-refractivity contribution is 0.0948. The first-order valence-electron chi connectivity index (χ1n) is 8.63. The molecule has 1 aromatic heterocycles. The molecule has 1 aromatic carbocycles. The molecule has 6 heteroatoms. The Kier molecular flexibility index (Phi) is 7.19. The summed E-state index contributed by atoms with van der Waals surface area (Å²) >= 11 is 0. The minimum atomic E-state index is -0.160. The molecule has 0 unspecified atom stereocenters. The molecule has 1 heterocycles. The fourth-order valence-corrected chi connectivity index (χ4v) is 2.45. The van der Waals surface area contributed by atoms with Crippen molar-refractivity contribution in [1.29, 1.82) is 0 Å². The first-order valence-corrected chi connectivity index (χ1v) is 8.63. The lowest BCUT2D eigenvalue weighted by atomic mass is 10.1. The van der Waals surface area contributed by atoms with Crippen LogP contribution < -0.4 is 15.4 Å². The van der Waals surface area contributed by atoms with Crippen LogP contribution in [-0.2, 0) is 6.42 Å². The molecular weight excluding hydrogens is 316 g/mol. The molecule has 6 nitrogen and oxygen atoms in total. The quantitative estimate of drug-likeness (QED) is 0.685. The van der Waals surface area contributed by atoms with Crippen molar-refractivity contribution in [2.75, 3.05) is 25.5 Å². The van der Waals surface area contributed by atoms with Crippen molar-refractivity contribution in [3.63, 3.8) is 0 Å². The Hall–Kier alpha value is -2.63. The van der Waals surface area contributed by atoms with E-state index in [1.165, 1.54) is 0 Å². The van der Waals surface area contributed by atoms with Crippen LogP contribution in [-0.4, -0.2) is 36.1 Å². The van der Waals surface area contributed by atoms with Gasteiger partial charge in [0.15, 0.2) is 0 Å². The minimum Gasteiger partial charge on any atom is -0.496 e. The van der Waals surface area contributed by atoms with E-state index >= 15 is 0 Å². The summed E-state index contributed by atoms with van der Waals surface area (Å²) in [6.45, 7) is 5.26. The Bertz CT molecular complexity index is 704. The zero-order chi connectivity index (χ0) is 18.1. The van der Waals surface area contributed by atoms with E-state index in [4.69, 9.17) is 4.74 Å². The zero-order valence-electron chi connectivity index (χ0n) is 15.1. The molecule has 0 fully saturated rings. The van der Waals surface area contributed by atoms with Gasteiger partial charge in [-0.3, -0.25) is 4.79 Å². The molecule has 2 aromatic rings. The normalized spacial score (nSPS) is 10.4. The number of benzene rings is 1. The van der Waals surface area contributed by atoms with Crippen LogP contribution in [0.4, 0.5) is 5.95 Å². The van der Waals surface area contributed by atoms with Crippen molar-refractivity contribution in [2.24, 2.45) is 0 Å². The van der Waals surface area contributed by atoms with Crippen LogP contribution in [0, 0.1) is 6.92 Å². The number of unbranched alkanes of at least 4 members (excludes halogenated alkanes) is 1. The predicted molar refractivity (Wildman–Crippen MR) is 99.2 cm³/mol. The maximum atomic E-state index is 12.2. The van der Waals surface area contributed by atoms with Crippen molar-refractivity contribution in [3.8, 4) is 5.75 Å². The Labute approximate surface area is 149 Å². The predicted octanol–water partition coefficient (Wildman–Crippen LogP) is 2.98. The second-order valence-corrected chi connectivity index (χ2v) is 5.82. The molecule has 0 aliphatic heterocycles. The van der Waals surface area contributed by atoms with Crippen LogP contribution in [0.1, 0.15) is 41.5 Å². The average Bonchev–Trinajstić information content (AvgIpc) is 2.62. The number of amides is 1. The van der Waals surface area contributed by atoms with Crippen LogP contribution in [0.25, 0.3) is 0 Å². The summed E-state index contributed by atoms with van der Waals surface area (Å²) in [5, 5.41) is 6.07. The number of nitrogens with zero attached hydrogens (tertiary/aromatic N) is 2. The highest BCUT2D eigenvalue weighted by molar-refractivity contribution is 5.92. The average molecular weight is 342 g/mol. The molecule has 0 bridgehead atoms. The van der Waals surface area contributed by atoms with Crippen molar-refractivity contribution in [1.82, 2.24) is 15.3 Å². The van der Waals surface area contributed by atoms with Crippen LogP contribution in [0.15, 0.2) is 30.3 Å². The van der Waals surface area contributed by atoms with Crippen molar-refractivity contribution in [2.45, 2.75) is 33.1 Å². The van der Waals surface area contributed by atoms with E-state index in [0.29, 0.717) is 24.7 Å². The summed E-state index contributed by atoms with van der Waals surface area (Å²) in [5.41, 5.74) is 2.27. The van der Waals surface area contributed by atoms with Crippen molar-refractivity contribution < 1.29 is 9.53 Å². The second kappa shape index (κ2) is 9.61. The van der Waals surface area contributed by atoms with Gasteiger partial charge in [0.05, 0.1) is 7.11 Å². The Morgan fingerprint density at radius 2 is 2.00 bits per heavy atom. The minimum absolute atomic E-state index is 0.160. The Morgan fingerprint density at radius 1 is 1.20 bits per heavy atom. The van der Waals surface area contributed by atoms with E-state index < -0.39 is 0 Å². The number of carbonyl (C=O) groups excluding carboxylic acids is 1. The van der Waals surface area contributed by atoms with Crippen LogP contribution in [0.5, 0.6) is 5.75 Å². The topological polar surface area (TPSA) is 76.1 Å². The number of methoxy groups -OCH3 is 1. The van der Waals surface area contributed by atoms with E-state index in [1.54, 1.807) is 13.2 Å². The summed E-state index contributed by atoms with van der Waals surface area (Å²) in [6, 6.07) is 9.61. The van der Waals surface area contributed by atoms with Crippen molar-refractivity contribution >= 4 is 11.9 Å². The largest absolute Gasteiger partial charge is 0.496 e. The molecular formula is C19H26N4O2. The maximum Gasteiger partial charge on any atom is 0.270 e. The monoisotopic (exact) mass is 342 g/mol. The zero-order valence-corrected chi connectivity index (χ0v) is 15.1. The van der Waals surface area contributed by atoms with Crippen LogP contribution in [0.2, 0.25) is 0 Å². The molecule has 0 saturated heterocycles. The molecule has 134 valence electrons. The van der Waals surface area contributed by atoms with E-state index in [9.17, 15) is 4.79 Å². The standard InChI is InChI=1S/C19H26N4O2/c1-4-5-11-20-18(24)16-13-14(2)22-19(23-16)21-12-10-15-8-6-7-9-17(15)25-3/h6-9,13H,4-5,10-12H2,1-3H3,(H,20,24)(H,21,22,23). The maximum absolute atomic E-state index is 12.2. The van der Waals surface area contributed by atoms with Gasteiger partial charge in [-0.25, -0.2) is 9.97 Å². The summed E-state index contributed by atoms with van der Waals surface area (Å²) in [5.74, 6) is 1.17. The van der Waals surface area contributed by atoms with Gasteiger partial charge >= 0.3 is 0 Å². The number of aromatic nitrogens is 2. The Balaban J connectivity index is 1.96. The van der Waals surface area contributed by atoms with E-state index in [2.05, 4.69) is 27.5 Å². The number of aryl methyl sites for hydroxylation is 1. The third kappa shape index (κ3) is 5.74. The second-order valence-electron chi connectivity index (χ2n) is 5.82. The van der Waals surface area contributed by atoms with Gasteiger partial charge in [-0.2, -0.15) is 0 Å². The third-order valence-electron chi connectivity index (χ3n) is 3.77. The highest BCUT2D eigenvalue weighted by Crippen LogP contribution is 2.17. The van der Waals surface area contributed by atoms with Gasteiger partial charge in [0.25, 0.3) is 5.91 Å². The number of anilines is 1. The first kappa shape index (κ1) is 18.7. The van der Waals surface area contributed by atoms with Crippen LogP contribution >= 0.6 is 0 Å². The number of nitrogens with one attached hydrogen (secondary N) is 2. The SMILES string of the molecule is CCCCNC(=O)c1cc(C)nc(NCCc2ccccc2OC)n1. The number of hydrogen-bond acceptors (Lipinski definition) is 5. The summed E-state index contributed by atoms with van der Waals surface area (Å²) in [6.07, 6.45) is 2.78. The molecule has 0 radical (unpaired) electrons. The number of para-hydroxylation sites is 1. The van der Waals surface area contributed by atoms with Gasteiger partial charge in [0.2, 0.25) is 5.95 Å². The van der Waals surface area contributed by atoms with Gasteiger partial charge in [-0.05, 0) is 37.5 Å². The number of hydrogen-bond donors (Lipinski definition) is 2. The van der Waals surface area contributed by atoms with Crippen molar-refractivity contribution in [3.05, 3.63) is 47.3 Å². The molecule has 0 atom stereocenters. The van der Waals surface area contributed by atoms with Gasteiger partial charge in [0, 0.05) is 18.8 Å². The molecule has 2 rings (SSSR count). The van der Waals surface area contributed by atoms with Gasteiger partial charge in [-0.1, -0.05) is 31.5 Å². The number of rotatable bonds is 9. The van der Waals surface area contributed by atoms with E-state index in [0.717, 1.165) is 36.3 Å². The fraction of sp³-hybridized carbons (Fsp3) is 0.421. The Morgan fingerprint density at radius 3 is 2.76 bits per heavy atom. The number of ether oxygens (including phenoxy) is 1. The summed E-state index contributed by atoms with van der Waals surface area (Å²) in [7, 11) is 1.67. The number of carbonyl (C=O) groups is 1. The van der Waals surface area contributed by atoms with Crippen LogP contribution in [0.3, 0.4) is 0 Å². The lowest BCUT2D eigenvalue weighted by Gasteiger charge is -2.10. The van der Waals surface area contributed by atoms with Gasteiger partial charge in [0.1, 0.15) is 11.4 Å². The molecule has 25 heavy (non-hydrogen) atoms. The molecule has 0 spiro atoms. The molecule has 0 saturated carbocycles. The highest BCUT2D eigenvalue weighted by Gasteiger charge is 2.10. The molecule has 2 N–H and O–H groups in total. The fourth-order valence-electron chi connectivity index (χ4n) is 2.45. The summed E-state index contributed by atoms with van der Waals surface area (Å²) in [4.78, 5) is 20.8. The summed E-state index contributed by atoms with van der Waals surface area (Å²) < 4.78 is 5.35. The highest BCUT2D eigenvalue weighted by atomic mass is 16.5. The molecule has 0 aliphatic rings. The molecule has 0 aliphatic carbocycles.